The molecule has 0 bridgehead atoms. The summed E-state index contributed by atoms with van der Waals surface area (Å²) < 4.78 is 21.8. The maximum atomic E-state index is 14.6. The molecule has 0 aliphatic carbocycles. The summed E-state index contributed by atoms with van der Waals surface area (Å²) in [5.41, 5.74) is 7.80. The highest BCUT2D eigenvalue weighted by molar-refractivity contribution is 6.34. The molecule has 3 heterocycles. The van der Waals surface area contributed by atoms with Crippen LogP contribution in [0.15, 0.2) is 61.2 Å². The van der Waals surface area contributed by atoms with E-state index in [1.807, 2.05) is 6.92 Å². The van der Waals surface area contributed by atoms with E-state index >= 15 is 0 Å². The minimum absolute atomic E-state index is 0.0738. The molecule has 0 fully saturated rings. The van der Waals surface area contributed by atoms with Crippen molar-refractivity contribution in [1.29, 1.82) is 0 Å². The number of aromatic nitrogens is 4. The highest BCUT2D eigenvalue weighted by Gasteiger charge is 2.18. The number of rotatable bonds is 6. The van der Waals surface area contributed by atoms with E-state index in [0.717, 1.165) is 17.4 Å². The van der Waals surface area contributed by atoms with E-state index in [4.69, 9.17) is 22.1 Å². The Bertz CT molecular complexity index is 1280. The largest absolute Gasteiger partial charge is 0.453 e. The average molecular weight is 453 g/mol. The van der Waals surface area contributed by atoms with Gasteiger partial charge in [0.15, 0.2) is 17.3 Å². The van der Waals surface area contributed by atoms with Gasteiger partial charge < -0.3 is 15.8 Å². The zero-order valence-corrected chi connectivity index (χ0v) is 17.7. The Morgan fingerprint density at radius 2 is 1.97 bits per heavy atom. The molecule has 0 radical (unpaired) electrons. The number of hydrogen-bond acceptors (Lipinski definition) is 6. The van der Waals surface area contributed by atoms with E-state index in [0.29, 0.717) is 12.0 Å². The number of benzene rings is 1. The van der Waals surface area contributed by atoms with Gasteiger partial charge in [0.2, 0.25) is 0 Å². The smallest absolute Gasteiger partial charge is 0.259 e. The molecule has 3 N–H and O–H groups in total. The zero-order valence-electron chi connectivity index (χ0n) is 16.9. The van der Waals surface area contributed by atoms with Crippen LogP contribution in [0.2, 0.25) is 5.02 Å². The zero-order chi connectivity index (χ0) is 22.7. The third kappa shape index (κ3) is 4.23. The molecule has 1 aromatic carbocycles. The molecule has 8 nitrogen and oxygen atoms in total. The number of nitrogens with two attached hydrogens (primary N) is 1. The SMILES string of the molecule is CCc1c(C(=O)Nc2ccc(Oc3ccnc(N)c3Cl)c(F)c2)cnn1-c1ccncc1. The van der Waals surface area contributed by atoms with E-state index in [9.17, 15) is 9.18 Å². The number of amides is 1. The summed E-state index contributed by atoms with van der Waals surface area (Å²) >= 11 is 6.03. The summed E-state index contributed by atoms with van der Waals surface area (Å²) in [6.07, 6.45) is 6.76. The lowest BCUT2D eigenvalue weighted by Crippen LogP contribution is -2.14. The topological polar surface area (TPSA) is 108 Å². The molecule has 0 saturated carbocycles. The first-order valence-corrected chi connectivity index (χ1v) is 10.0. The molecule has 0 aliphatic rings. The predicted molar refractivity (Wildman–Crippen MR) is 119 cm³/mol. The van der Waals surface area contributed by atoms with Crippen molar-refractivity contribution in [2.75, 3.05) is 11.1 Å². The number of pyridine rings is 2. The minimum atomic E-state index is -0.683. The number of ether oxygens (including phenoxy) is 1. The summed E-state index contributed by atoms with van der Waals surface area (Å²) in [6.45, 7) is 1.92. The van der Waals surface area contributed by atoms with E-state index < -0.39 is 11.7 Å². The van der Waals surface area contributed by atoms with Gasteiger partial charge in [-0.05, 0) is 30.7 Å². The first-order valence-electron chi connectivity index (χ1n) is 9.64. The Kier molecular flexibility index (Phi) is 6.00. The maximum Gasteiger partial charge on any atom is 0.259 e. The fourth-order valence-corrected chi connectivity index (χ4v) is 3.26. The van der Waals surface area contributed by atoms with Gasteiger partial charge in [0.05, 0.1) is 23.1 Å². The van der Waals surface area contributed by atoms with Crippen LogP contribution in [0.1, 0.15) is 23.0 Å². The van der Waals surface area contributed by atoms with Gasteiger partial charge in [-0.25, -0.2) is 14.1 Å². The van der Waals surface area contributed by atoms with Gasteiger partial charge in [-0.15, -0.1) is 0 Å². The van der Waals surface area contributed by atoms with Crippen molar-refractivity contribution in [1.82, 2.24) is 19.7 Å². The van der Waals surface area contributed by atoms with Crippen LogP contribution in [0.25, 0.3) is 5.69 Å². The fourth-order valence-electron chi connectivity index (χ4n) is 3.11. The van der Waals surface area contributed by atoms with E-state index in [1.165, 1.54) is 30.6 Å². The van der Waals surface area contributed by atoms with Crippen LogP contribution in [0, 0.1) is 5.82 Å². The van der Waals surface area contributed by atoms with Crippen molar-refractivity contribution in [2.24, 2.45) is 0 Å². The molecule has 162 valence electrons. The molecule has 4 rings (SSSR count). The third-order valence-electron chi connectivity index (χ3n) is 4.65. The summed E-state index contributed by atoms with van der Waals surface area (Å²) in [5.74, 6) is -0.911. The third-order valence-corrected chi connectivity index (χ3v) is 5.03. The molecule has 0 atom stereocenters. The van der Waals surface area contributed by atoms with Crippen molar-refractivity contribution in [3.63, 3.8) is 0 Å². The number of nitrogen functional groups attached to an aromatic ring is 1. The van der Waals surface area contributed by atoms with Crippen molar-refractivity contribution >= 4 is 29.0 Å². The molecule has 3 aromatic heterocycles. The second-order valence-corrected chi connectivity index (χ2v) is 7.06. The minimum Gasteiger partial charge on any atom is -0.453 e. The monoisotopic (exact) mass is 452 g/mol. The molecule has 0 unspecified atom stereocenters. The lowest BCUT2D eigenvalue weighted by Gasteiger charge is -2.11. The normalized spacial score (nSPS) is 10.7. The number of nitrogens with zero attached hydrogens (tertiary/aromatic N) is 4. The Morgan fingerprint density at radius 1 is 1.19 bits per heavy atom. The summed E-state index contributed by atoms with van der Waals surface area (Å²) in [6, 6.07) is 9.13. The van der Waals surface area contributed by atoms with Crippen LogP contribution >= 0.6 is 11.6 Å². The predicted octanol–water partition coefficient (Wildman–Crippen LogP) is 4.64. The summed E-state index contributed by atoms with van der Waals surface area (Å²) in [4.78, 5) is 20.7. The molecule has 32 heavy (non-hydrogen) atoms. The number of carbonyl (C=O) groups excluding carboxylic acids is 1. The van der Waals surface area contributed by atoms with Crippen molar-refractivity contribution in [2.45, 2.75) is 13.3 Å². The van der Waals surface area contributed by atoms with Gasteiger partial charge >= 0.3 is 0 Å². The highest BCUT2D eigenvalue weighted by Crippen LogP contribution is 2.34. The van der Waals surface area contributed by atoms with Crippen molar-refractivity contribution in [3.8, 4) is 17.2 Å². The van der Waals surface area contributed by atoms with Crippen molar-refractivity contribution < 1.29 is 13.9 Å². The molecule has 10 heteroatoms. The first kappa shape index (κ1) is 21.3. The molecular weight excluding hydrogens is 435 g/mol. The summed E-state index contributed by atoms with van der Waals surface area (Å²) in [5, 5.41) is 7.10. The molecular formula is C22H18ClFN6O2. The first-order chi connectivity index (χ1) is 15.5. The lowest BCUT2D eigenvalue weighted by molar-refractivity contribution is 0.102. The van der Waals surface area contributed by atoms with Crippen molar-refractivity contribution in [3.05, 3.63) is 83.3 Å². The quantitative estimate of drug-likeness (QED) is 0.441. The van der Waals surface area contributed by atoms with Gasteiger partial charge in [-0.1, -0.05) is 18.5 Å². The van der Waals surface area contributed by atoms with E-state index in [-0.39, 0.29) is 28.0 Å². The van der Waals surface area contributed by atoms with Gasteiger partial charge in [-0.2, -0.15) is 5.10 Å². The van der Waals surface area contributed by atoms with Crippen LogP contribution in [0.3, 0.4) is 0 Å². The van der Waals surface area contributed by atoms with E-state index in [2.05, 4.69) is 20.4 Å². The second kappa shape index (κ2) is 9.03. The Labute approximate surface area is 187 Å². The van der Waals surface area contributed by atoms with Crippen LogP contribution in [0.5, 0.6) is 11.5 Å². The number of carbonyl (C=O) groups is 1. The Morgan fingerprint density at radius 3 is 2.69 bits per heavy atom. The molecule has 0 saturated heterocycles. The molecule has 4 aromatic rings. The van der Waals surface area contributed by atoms with Gasteiger partial charge in [0.25, 0.3) is 5.91 Å². The standard InChI is InChI=1S/C22H18ClFN6O2/c1-2-17-15(12-28-30(17)14-5-8-26-9-6-14)22(31)29-13-3-4-18(16(24)11-13)32-19-7-10-27-21(25)20(19)23/h3-12H,2H2,1H3,(H2,25,27)(H,29,31). The van der Waals surface area contributed by atoms with Gasteiger partial charge in [0.1, 0.15) is 10.8 Å². The van der Waals surface area contributed by atoms with Crippen LogP contribution < -0.4 is 15.8 Å². The number of anilines is 2. The van der Waals surface area contributed by atoms with Gasteiger partial charge in [0, 0.05) is 36.4 Å². The Hall–Kier alpha value is -3.98. The van der Waals surface area contributed by atoms with E-state index in [1.54, 1.807) is 29.2 Å². The number of hydrogen-bond donors (Lipinski definition) is 2. The molecule has 0 spiro atoms. The summed E-state index contributed by atoms with van der Waals surface area (Å²) in [7, 11) is 0. The number of halogens is 2. The second-order valence-electron chi connectivity index (χ2n) is 6.69. The Balaban J connectivity index is 1.54. The highest BCUT2D eigenvalue weighted by atomic mass is 35.5. The van der Waals surface area contributed by atoms with Gasteiger partial charge in [-0.3, -0.25) is 9.78 Å². The maximum absolute atomic E-state index is 14.6. The van der Waals surface area contributed by atoms with Crippen LogP contribution in [-0.2, 0) is 6.42 Å². The lowest BCUT2D eigenvalue weighted by atomic mass is 10.2. The fraction of sp³-hybridized carbons (Fsp3) is 0.0909. The molecule has 1 amide bonds. The number of nitrogens with one attached hydrogen (secondary N) is 1. The van der Waals surface area contributed by atoms with Crippen LogP contribution in [0.4, 0.5) is 15.9 Å². The molecule has 0 aliphatic heterocycles. The average Bonchev–Trinajstić information content (AvgIpc) is 3.23. The van der Waals surface area contributed by atoms with Crippen LogP contribution in [-0.4, -0.2) is 25.7 Å².